The molecule has 1 N–H and O–H groups in total. The van der Waals surface area contributed by atoms with E-state index in [0.717, 1.165) is 34.3 Å². The van der Waals surface area contributed by atoms with E-state index in [1.54, 1.807) is 47.2 Å². The lowest BCUT2D eigenvalue weighted by molar-refractivity contribution is 0.240. The zero-order valence-electron chi connectivity index (χ0n) is 19.7. The Morgan fingerprint density at radius 2 is 2.05 bits per heavy atom. The molecule has 1 aliphatic heterocycles. The van der Waals surface area contributed by atoms with Crippen LogP contribution in [0, 0.1) is 17.1 Å². The number of hydrogen-bond acceptors (Lipinski definition) is 4. The van der Waals surface area contributed by atoms with Crippen molar-refractivity contribution in [3.63, 3.8) is 0 Å². The van der Waals surface area contributed by atoms with E-state index < -0.39 is 5.82 Å². The number of aromatic nitrogens is 2. The quantitative estimate of drug-likeness (QED) is 0.310. The normalized spacial score (nSPS) is 13.6. The average Bonchev–Trinajstić information content (AvgIpc) is 3.22. The van der Waals surface area contributed by atoms with Crippen LogP contribution in [0.3, 0.4) is 0 Å². The number of nitrogens with zero attached hydrogens (tertiary/aromatic N) is 4. The van der Waals surface area contributed by atoms with Crippen LogP contribution >= 0.6 is 23.2 Å². The van der Waals surface area contributed by atoms with Gasteiger partial charge in [0.05, 0.1) is 22.2 Å². The van der Waals surface area contributed by atoms with E-state index in [9.17, 15) is 14.4 Å². The smallest absolute Gasteiger partial charge is 0.326 e. The minimum absolute atomic E-state index is 0.0969. The lowest BCUT2D eigenvalue weighted by atomic mass is 10.0. The Balaban J connectivity index is 1.39. The third kappa shape index (κ3) is 5.37. The van der Waals surface area contributed by atoms with E-state index in [2.05, 4.69) is 21.3 Å². The molecule has 1 amide bonds. The summed E-state index contributed by atoms with van der Waals surface area (Å²) in [6.07, 6.45) is 6.22. The van der Waals surface area contributed by atoms with Crippen LogP contribution in [0.4, 0.5) is 9.18 Å². The number of hydrogen-bond donors (Lipinski definition) is 1. The molecule has 2 aromatic heterocycles. The molecule has 0 fully saturated rings. The number of carbonyl (C=O) groups excluding carboxylic acids is 1. The van der Waals surface area contributed by atoms with E-state index in [-0.39, 0.29) is 11.1 Å². The van der Waals surface area contributed by atoms with Gasteiger partial charge in [-0.2, -0.15) is 5.26 Å². The number of nitrogens with one attached hydrogen (secondary N) is 1. The third-order valence-corrected chi connectivity index (χ3v) is 6.91. The van der Waals surface area contributed by atoms with E-state index in [1.807, 2.05) is 18.2 Å². The van der Waals surface area contributed by atoms with Gasteiger partial charge in [-0.05, 0) is 53.1 Å². The largest absolute Gasteiger partial charge is 0.333 e. The maximum absolute atomic E-state index is 13.4. The first-order chi connectivity index (χ1) is 17.9. The summed E-state index contributed by atoms with van der Waals surface area (Å²) in [5.74, 6) is -0.438. The zero-order valence-corrected chi connectivity index (χ0v) is 21.2. The van der Waals surface area contributed by atoms with Crippen LogP contribution < -0.4 is 5.32 Å². The fourth-order valence-corrected chi connectivity index (χ4v) is 5.02. The van der Waals surface area contributed by atoms with E-state index in [1.165, 1.54) is 6.07 Å². The molecule has 0 radical (unpaired) electrons. The van der Waals surface area contributed by atoms with Gasteiger partial charge in [0.25, 0.3) is 0 Å². The fourth-order valence-electron chi connectivity index (χ4n) is 4.63. The van der Waals surface area contributed by atoms with Gasteiger partial charge in [0.2, 0.25) is 0 Å². The van der Waals surface area contributed by atoms with Gasteiger partial charge in [0.1, 0.15) is 11.0 Å². The number of rotatable bonds is 5. The Labute approximate surface area is 223 Å². The molecule has 0 atom stereocenters. The molecular formula is C28H22Cl2FN5O. The second-order valence-corrected chi connectivity index (χ2v) is 9.61. The Hall–Kier alpha value is -3.70. The SMILES string of the molecule is N#Cc1ccc2c3c(n(C(=O)NCc4ccnc(Cl)c4)c2c1)CCN(CC=Cc1ccc(F)c(Cl)c1)C3. The van der Waals surface area contributed by atoms with E-state index in [4.69, 9.17) is 23.2 Å². The lowest BCUT2D eigenvalue weighted by Gasteiger charge is -2.27. The number of fused-ring (bicyclic) bond motifs is 3. The van der Waals surface area contributed by atoms with Gasteiger partial charge in [-0.15, -0.1) is 0 Å². The van der Waals surface area contributed by atoms with Gasteiger partial charge >= 0.3 is 6.03 Å². The maximum atomic E-state index is 13.4. The van der Waals surface area contributed by atoms with Crippen molar-refractivity contribution in [2.24, 2.45) is 0 Å². The molecule has 186 valence electrons. The highest BCUT2D eigenvalue weighted by atomic mass is 35.5. The molecule has 0 bridgehead atoms. The van der Waals surface area contributed by atoms with Crippen LogP contribution in [-0.2, 0) is 19.5 Å². The molecule has 2 aromatic carbocycles. The van der Waals surface area contributed by atoms with Crippen LogP contribution in [0.25, 0.3) is 17.0 Å². The first kappa shape index (κ1) is 25.0. The van der Waals surface area contributed by atoms with Crippen molar-refractivity contribution >= 4 is 46.2 Å². The highest BCUT2D eigenvalue weighted by Gasteiger charge is 2.26. The summed E-state index contributed by atoms with van der Waals surface area (Å²) in [4.78, 5) is 19.6. The highest BCUT2D eigenvalue weighted by molar-refractivity contribution is 6.30. The van der Waals surface area contributed by atoms with Gasteiger partial charge in [-0.3, -0.25) is 9.47 Å². The number of halogens is 3. The van der Waals surface area contributed by atoms with Crippen molar-refractivity contribution < 1.29 is 9.18 Å². The molecule has 4 aromatic rings. The molecule has 0 saturated carbocycles. The average molecular weight is 534 g/mol. The molecule has 0 spiro atoms. The third-order valence-electron chi connectivity index (χ3n) is 6.41. The Morgan fingerprint density at radius 1 is 1.19 bits per heavy atom. The number of amides is 1. The highest BCUT2D eigenvalue weighted by Crippen LogP contribution is 2.31. The molecule has 3 heterocycles. The second-order valence-electron chi connectivity index (χ2n) is 8.81. The first-order valence-corrected chi connectivity index (χ1v) is 12.5. The number of benzene rings is 2. The molecule has 0 aliphatic carbocycles. The van der Waals surface area contributed by atoms with Crippen molar-refractivity contribution in [3.05, 3.63) is 105 Å². The Kier molecular flexibility index (Phi) is 7.24. The van der Waals surface area contributed by atoms with Gasteiger partial charge in [-0.1, -0.05) is 47.5 Å². The summed E-state index contributed by atoms with van der Waals surface area (Å²) in [5.41, 5.74) is 4.91. The minimum atomic E-state index is -0.438. The molecule has 0 unspecified atom stereocenters. The minimum Gasteiger partial charge on any atom is -0.333 e. The fraction of sp³-hybridized carbons (Fsp3) is 0.179. The van der Waals surface area contributed by atoms with Crippen molar-refractivity contribution in [1.82, 2.24) is 19.8 Å². The molecular weight excluding hydrogens is 512 g/mol. The number of carbonyl (C=O) groups is 1. The summed E-state index contributed by atoms with van der Waals surface area (Å²) in [6, 6.07) is 15.5. The summed E-state index contributed by atoms with van der Waals surface area (Å²) >= 11 is 11.9. The van der Waals surface area contributed by atoms with Crippen LogP contribution in [0.5, 0.6) is 0 Å². The molecule has 5 rings (SSSR count). The predicted octanol–water partition coefficient (Wildman–Crippen LogP) is 6.18. The summed E-state index contributed by atoms with van der Waals surface area (Å²) in [7, 11) is 0. The second kappa shape index (κ2) is 10.7. The summed E-state index contributed by atoms with van der Waals surface area (Å²) < 4.78 is 15.1. The van der Waals surface area contributed by atoms with Crippen molar-refractivity contribution in [1.29, 1.82) is 5.26 Å². The number of pyridine rings is 1. The van der Waals surface area contributed by atoms with Crippen LogP contribution in [0.15, 0.2) is 60.8 Å². The molecule has 0 saturated heterocycles. The van der Waals surface area contributed by atoms with E-state index >= 15 is 0 Å². The van der Waals surface area contributed by atoms with Gasteiger partial charge < -0.3 is 5.32 Å². The maximum Gasteiger partial charge on any atom is 0.326 e. The van der Waals surface area contributed by atoms with Crippen molar-refractivity contribution in [2.45, 2.75) is 19.5 Å². The predicted molar refractivity (Wildman–Crippen MR) is 143 cm³/mol. The van der Waals surface area contributed by atoms with E-state index in [0.29, 0.717) is 42.3 Å². The standard InChI is InChI=1S/C28H22Cl2FN5O/c29-23-12-18(4-6-24(23)31)2-1-10-35-11-8-25-22(17-35)21-5-3-19(15-32)13-26(21)36(25)28(37)34-16-20-7-9-33-27(30)14-20/h1-7,9,12-14H,8,10-11,16-17H2,(H,34,37). The van der Waals surface area contributed by atoms with Crippen molar-refractivity contribution in [2.75, 3.05) is 13.1 Å². The molecule has 1 aliphatic rings. The first-order valence-electron chi connectivity index (χ1n) is 11.7. The monoisotopic (exact) mass is 533 g/mol. The Morgan fingerprint density at radius 3 is 2.84 bits per heavy atom. The summed E-state index contributed by atoms with van der Waals surface area (Å²) in [5, 5.41) is 13.8. The molecule has 9 heteroatoms. The number of nitriles is 1. The zero-order chi connectivity index (χ0) is 25.9. The van der Waals surface area contributed by atoms with Crippen LogP contribution in [0.1, 0.15) is 27.9 Å². The van der Waals surface area contributed by atoms with Crippen LogP contribution in [0.2, 0.25) is 10.2 Å². The van der Waals surface area contributed by atoms with Gasteiger partial charge in [0, 0.05) is 49.9 Å². The van der Waals surface area contributed by atoms with Gasteiger partial charge in [0.15, 0.2) is 0 Å². The van der Waals surface area contributed by atoms with Crippen LogP contribution in [-0.4, -0.2) is 33.6 Å². The van der Waals surface area contributed by atoms with Crippen molar-refractivity contribution in [3.8, 4) is 6.07 Å². The summed E-state index contributed by atoms with van der Waals surface area (Å²) in [6.45, 7) is 2.41. The molecule has 37 heavy (non-hydrogen) atoms. The Bertz CT molecular complexity index is 1570. The molecule has 6 nitrogen and oxygen atoms in total. The topological polar surface area (TPSA) is 74.0 Å². The lowest BCUT2D eigenvalue weighted by Crippen LogP contribution is -2.34. The van der Waals surface area contributed by atoms with Gasteiger partial charge in [-0.25, -0.2) is 14.2 Å².